The van der Waals surface area contributed by atoms with Gasteiger partial charge in [-0.1, -0.05) is 48.6 Å². The van der Waals surface area contributed by atoms with Crippen molar-refractivity contribution in [3.63, 3.8) is 0 Å². The Labute approximate surface area is 155 Å². The number of piperazine rings is 1. The molecule has 1 fully saturated rings. The first-order valence-electron chi connectivity index (χ1n) is 9.29. The highest BCUT2D eigenvalue weighted by atomic mass is 16.5. The third-order valence-corrected chi connectivity index (χ3v) is 5.35. The molecule has 0 aromatic heterocycles. The molecular weight excluding hydrogens is 324 g/mol. The van der Waals surface area contributed by atoms with E-state index in [2.05, 4.69) is 70.4 Å². The first kappa shape index (κ1) is 17.2. The predicted molar refractivity (Wildman–Crippen MR) is 105 cm³/mol. The minimum absolute atomic E-state index is 0.318. The van der Waals surface area contributed by atoms with E-state index >= 15 is 0 Å². The predicted octanol–water partition coefficient (Wildman–Crippen LogP) is 2.93. The minimum atomic E-state index is -0.318. The van der Waals surface area contributed by atoms with E-state index < -0.39 is 0 Å². The lowest BCUT2D eigenvalue weighted by Gasteiger charge is -2.39. The normalized spacial score (nSPS) is 27.0. The van der Waals surface area contributed by atoms with E-state index in [1.54, 1.807) is 6.20 Å². The van der Waals surface area contributed by atoms with Crippen LogP contribution in [0.1, 0.15) is 23.5 Å². The molecule has 1 aromatic carbocycles. The largest absolute Gasteiger partial charge is 0.304 e. The third-order valence-electron chi connectivity index (χ3n) is 5.35. The summed E-state index contributed by atoms with van der Waals surface area (Å²) in [5, 5.41) is 11.8. The van der Waals surface area contributed by atoms with Crippen molar-refractivity contribution in [1.29, 1.82) is 0 Å². The lowest BCUT2D eigenvalue weighted by atomic mass is 9.90. The van der Waals surface area contributed by atoms with Crippen LogP contribution in [-0.2, 0) is 0 Å². The highest BCUT2D eigenvalue weighted by molar-refractivity contribution is 6.10. The highest BCUT2D eigenvalue weighted by Gasteiger charge is 2.27. The number of hydrogen-bond acceptors (Lipinski definition) is 5. The van der Waals surface area contributed by atoms with Crippen LogP contribution in [0.4, 0.5) is 0 Å². The lowest BCUT2D eigenvalue weighted by molar-refractivity contribution is -0.135. The third kappa shape index (κ3) is 3.65. The molecule has 26 heavy (non-hydrogen) atoms. The lowest BCUT2D eigenvalue weighted by Crippen LogP contribution is -2.53. The summed E-state index contributed by atoms with van der Waals surface area (Å²) >= 11 is 0. The quantitative estimate of drug-likeness (QED) is 0.910. The summed E-state index contributed by atoms with van der Waals surface area (Å²) in [7, 11) is 2.13. The Kier molecular flexibility index (Phi) is 5.02. The SMILES string of the molecule is CN1CCN(C2N=CC(c3cccc(C4C=CC=CC4)c3)=CN2O)CC1. The van der Waals surface area contributed by atoms with Crippen molar-refractivity contribution in [2.45, 2.75) is 18.6 Å². The number of hydrogen-bond donors (Lipinski definition) is 1. The summed E-state index contributed by atoms with van der Waals surface area (Å²) in [5.74, 6) is 0.421. The molecule has 0 spiro atoms. The number of allylic oxidation sites excluding steroid dienone is 5. The summed E-state index contributed by atoms with van der Waals surface area (Å²) in [6, 6.07) is 8.53. The summed E-state index contributed by atoms with van der Waals surface area (Å²) in [4.78, 5) is 9.13. The molecule has 1 saturated heterocycles. The number of aliphatic imine (C=N–C) groups is 1. The van der Waals surface area contributed by atoms with E-state index in [4.69, 9.17) is 0 Å². The Morgan fingerprint density at radius 1 is 1.12 bits per heavy atom. The van der Waals surface area contributed by atoms with Gasteiger partial charge in [0.1, 0.15) is 0 Å². The fraction of sp³-hybridized carbons (Fsp3) is 0.381. The van der Waals surface area contributed by atoms with E-state index in [9.17, 15) is 5.21 Å². The molecule has 1 aliphatic carbocycles. The highest BCUT2D eigenvalue weighted by Crippen LogP contribution is 2.28. The van der Waals surface area contributed by atoms with Crippen LogP contribution in [-0.4, -0.2) is 65.8 Å². The Bertz CT molecular complexity index is 759. The summed E-state index contributed by atoms with van der Waals surface area (Å²) < 4.78 is 0. The van der Waals surface area contributed by atoms with Crippen molar-refractivity contribution in [2.75, 3.05) is 33.2 Å². The average Bonchev–Trinajstić information content (AvgIpc) is 2.69. The van der Waals surface area contributed by atoms with Gasteiger partial charge in [-0.2, -0.15) is 0 Å². The summed E-state index contributed by atoms with van der Waals surface area (Å²) in [6.07, 6.45) is 13.1. The van der Waals surface area contributed by atoms with Crippen LogP contribution in [0.3, 0.4) is 0 Å². The zero-order valence-electron chi connectivity index (χ0n) is 15.2. The van der Waals surface area contributed by atoms with Gasteiger partial charge in [-0.05, 0) is 24.6 Å². The van der Waals surface area contributed by atoms with Crippen molar-refractivity contribution in [3.8, 4) is 0 Å². The molecule has 0 radical (unpaired) electrons. The fourth-order valence-electron chi connectivity index (χ4n) is 3.70. The maximum atomic E-state index is 10.5. The second kappa shape index (κ2) is 7.58. The van der Waals surface area contributed by atoms with Crippen LogP contribution in [0.15, 0.2) is 59.8 Å². The molecule has 1 aromatic rings. The molecule has 5 heteroatoms. The average molecular weight is 350 g/mol. The van der Waals surface area contributed by atoms with Crippen molar-refractivity contribution < 1.29 is 5.21 Å². The Morgan fingerprint density at radius 2 is 1.96 bits per heavy atom. The molecule has 0 bridgehead atoms. The van der Waals surface area contributed by atoms with E-state index in [1.807, 2.05) is 6.21 Å². The molecule has 136 valence electrons. The maximum Gasteiger partial charge on any atom is 0.201 e. The number of benzene rings is 1. The molecule has 3 aliphatic rings. The zero-order chi connectivity index (χ0) is 17.9. The second-order valence-electron chi connectivity index (χ2n) is 7.21. The van der Waals surface area contributed by atoms with Crippen LogP contribution in [0.25, 0.3) is 5.57 Å². The van der Waals surface area contributed by atoms with E-state index in [-0.39, 0.29) is 6.29 Å². The molecular formula is C21H26N4O. The summed E-state index contributed by atoms with van der Waals surface area (Å²) in [5.41, 5.74) is 3.32. The van der Waals surface area contributed by atoms with Crippen molar-refractivity contribution in [1.82, 2.24) is 14.9 Å². The van der Waals surface area contributed by atoms with Crippen LogP contribution in [0.2, 0.25) is 0 Å². The van der Waals surface area contributed by atoms with Gasteiger partial charge in [-0.3, -0.25) is 15.1 Å². The van der Waals surface area contributed by atoms with Crippen LogP contribution in [0, 0.1) is 0 Å². The minimum Gasteiger partial charge on any atom is -0.304 e. The molecule has 5 nitrogen and oxygen atoms in total. The van der Waals surface area contributed by atoms with Gasteiger partial charge in [0.25, 0.3) is 0 Å². The topological polar surface area (TPSA) is 42.3 Å². The van der Waals surface area contributed by atoms with Crippen molar-refractivity contribution in [3.05, 3.63) is 65.9 Å². The van der Waals surface area contributed by atoms with Gasteiger partial charge < -0.3 is 4.90 Å². The first-order valence-corrected chi connectivity index (χ1v) is 9.29. The molecule has 0 amide bonds. The standard InChI is InChI=1S/C21H26N4O/c1-23-10-12-24(13-11-23)21-22-15-20(16-25(21)26)19-9-5-8-18(14-19)17-6-3-2-4-7-17/h2-6,8-9,14-17,21,26H,7,10-13H2,1H3. The monoisotopic (exact) mass is 350 g/mol. The van der Waals surface area contributed by atoms with Gasteiger partial charge in [0, 0.05) is 50.1 Å². The summed E-state index contributed by atoms with van der Waals surface area (Å²) in [6.45, 7) is 3.83. The van der Waals surface area contributed by atoms with E-state index in [0.29, 0.717) is 5.92 Å². The molecule has 2 heterocycles. The number of likely N-dealkylation sites (N-methyl/N-ethyl adjacent to an activating group) is 1. The van der Waals surface area contributed by atoms with Gasteiger partial charge in [-0.25, -0.2) is 5.06 Å². The number of nitrogens with zero attached hydrogens (tertiary/aromatic N) is 4. The molecule has 2 atom stereocenters. The Balaban J connectivity index is 1.49. The van der Waals surface area contributed by atoms with Gasteiger partial charge in [0.05, 0.1) is 0 Å². The fourth-order valence-corrected chi connectivity index (χ4v) is 3.70. The maximum absolute atomic E-state index is 10.5. The van der Waals surface area contributed by atoms with E-state index in [1.165, 1.54) is 10.6 Å². The van der Waals surface area contributed by atoms with Crippen LogP contribution in [0.5, 0.6) is 0 Å². The molecule has 2 aliphatic heterocycles. The van der Waals surface area contributed by atoms with E-state index in [0.717, 1.165) is 43.7 Å². The Morgan fingerprint density at radius 3 is 2.69 bits per heavy atom. The van der Waals surface area contributed by atoms with Crippen molar-refractivity contribution in [2.24, 2.45) is 4.99 Å². The van der Waals surface area contributed by atoms with Gasteiger partial charge in [-0.15, -0.1) is 0 Å². The second-order valence-corrected chi connectivity index (χ2v) is 7.21. The molecule has 1 N–H and O–H groups in total. The van der Waals surface area contributed by atoms with Gasteiger partial charge in [0.2, 0.25) is 6.29 Å². The zero-order valence-corrected chi connectivity index (χ0v) is 15.2. The van der Waals surface area contributed by atoms with Gasteiger partial charge in [0.15, 0.2) is 0 Å². The smallest absolute Gasteiger partial charge is 0.201 e. The van der Waals surface area contributed by atoms with Gasteiger partial charge >= 0.3 is 0 Å². The molecule has 0 saturated carbocycles. The molecule has 2 unspecified atom stereocenters. The van der Waals surface area contributed by atoms with Crippen LogP contribution < -0.4 is 0 Å². The van der Waals surface area contributed by atoms with Crippen molar-refractivity contribution >= 4 is 11.8 Å². The Hall–Kier alpha value is -2.21. The first-order chi connectivity index (χ1) is 12.7. The molecule has 4 rings (SSSR count). The number of hydroxylamine groups is 2. The van der Waals surface area contributed by atoms with Crippen LogP contribution >= 0.6 is 0 Å². The number of rotatable bonds is 3.